The second kappa shape index (κ2) is 4.83. The van der Waals surface area contributed by atoms with E-state index in [4.69, 9.17) is 4.74 Å². The van der Waals surface area contributed by atoms with Gasteiger partial charge in [0.2, 0.25) is 0 Å². The van der Waals surface area contributed by atoms with Gasteiger partial charge in [-0.25, -0.2) is 0 Å². The third-order valence-corrected chi connectivity index (χ3v) is 7.80. The second-order valence-corrected chi connectivity index (χ2v) is 9.50. The van der Waals surface area contributed by atoms with Crippen molar-refractivity contribution in [2.75, 3.05) is 0 Å². The normalized spacial score (nSPS) is 54.2. The Labute approximate surface area is 136 Å². The van der Waals surface area contributed by atoms with Gasteiger partial charge in [-0.15, -0.1) is 6.58 Å². The smallest absolute Gasteiger partial charge is 0.0839 e. The van der Waals surface area contributed by atoms with E-state index in [2.05, 4.69) is 41.2 Å². The molecule has 3 aliphatic rings. The minimum absolute atomic E-state index is 0.0213. The third-order valence-electron chi connectivity index (χ3n) is 7.80. The lowest BCUT2D eigenvalue weighted by Gasteiger charge is -2.65. The summed E-state index contributed by atoms with van der Waals surface area (Å²) in [4.78, 5) is 0. The van der Waals surface area contributed by atoms with Crippen LogP contribution in [0.3, 0.4) is 0 Å². The molecule has 1 aliphatic heterocycles. The Morgan fingerprint density at radius 3 is 2.23 bits per heavy atom. The van der Waals surface area contributed by atoms with E-state index in [0.29, 0.717) is 11.8 Å². The fourth-order valence-corrected chi connectivity index (χ4v) is 6.41. The summed E-state index contributed by atoms with van der Waals surface area (Å²) < 4.78 is 6.64. The second-order valence-electron chi connectivity index (χ2n) is 9.50. The van der Waals surface area contributed by atoms with Crippen LogP contribution in [0.1, 0.15) is 73.1 Å². The molecule has 0 spiro atoms. The molecule has 1 heterocycles. The molecule has 2 saturated carbocycles. The topological polar surface area (TPSA) is 29.5 Å². The van der Waals surface area contributed by atoms with Gasteiger partial charge in [-0.05, 0) is 75.0 Å². The molecule has 2 aliphatic carbocycles. The Morgan fingerprint density at radius 2 is 1.59 bits per heavy atom. The zero-order valence-corrected chi connectivity index (χ0v) is 15.1. The number of fused-ring (bicyclic) bond motifs is 3. The maximum atomic E-state index is 10.5. The molecule has 1 N–H and O–H groups in total. The average Bonchev–Trinajstić information content (AvgIpc) is 2.42. The lowest BCUT2D eigenvalue weighted by molar-refractivity contribution is -0.262. The van der Waals surface area contributed by atoms with Crippen LogP contribution in [0.4, 0.5) is 0 Å². The molecule has 3 rings (SSSR count). The first-order valence-electron chi connectivity index (χ1n) is 9.09. The minimum atomic E-state index is -0.169. The summed E-state index contributed by atoms with van der Waals surface area (Å²) in [6.07, 6.45) is 8.48. The fourth-order valence-electron chi connectivity index (χ4n) is 6.41. The molecule has 6 atom stereocenters. The number of ether oxygens (including phenoxy) is 1. The lowest BCUT2D eigenvalue weighted by atomic mass is 9.44. The van der Waals surface area contributed by atoms with E-state index in [-0.39, 0.29) is 28.1 Å². The molecule has 0 unspecified atom stereocenters. The van der Waals surface area contributed by atoms with E-state index in [1.54, 1.807) is 0 Å². The predicted molar refractivity (Wildman–Crippen MR) is 90.7 cm³/mol. The molecule has 0 aromatic rings. The van der Waals surface area contributed by atoms with Crippen LogP contribution in [-0.4, -0.2) is 22.4 Å². The molecular weight excluding hydrogens is 272 g/mol. The monoisotopic (exact) mass is 306 g/mol. The van der Waals surface area contributed by atoms with Crippen LogP contribution in [0.5, 0.6) is 0 Å². The van der Waals surface area contributed by atoms with Gasteiger partial charge >= 0.3 is 0 Å². The maximum Gasteiger partial charge on any atom is 0.0839 e. The van der Waals surface area contributed by atoms with E-state index in [0.717, 1.165) is 25.7 Å². The van der Waals surface area contributed by atoms with Crippen molar-refractivity contribution in [3.63, 3.8) is 0 Å². The number of hydrogen-bond donors (Lipinski definition) is 1. The molecular formula is C20H34O2. The Balaban J connectivity index is 1.95. The average molecular weight is 306 g/mol. The third kappa shape index (κ3) is 2.13. The zero-order chi connectivity index (χ0) is 16.4. The van der Waals surface area contributed by atoms with Crippen LogP contribution in [-0.2, 0) is 4.74 Å². The van der Waals surface area contributed by atoms with Crippen LogP contribution < -0.4 is 0 Å². The standard InChI is InChI=1S/C20H34O2/c1-7-18(4)11-8-15-19(5)12-10-16(21)17(2,3)14(19)9-13-20(15,6)22-18/h7,14-16,21H,1,8-13H2,2-6H3/t14-,15+,16-,18-,19+,20+/m1/s1. The Hall–Kier alpha value is -0.340. The summed E-state index contributed by atoms with van der Waals surface area (Å²) >= 11 is 0. The summed E-state index contributed by atoms with van der Waals surface area (Å²) in [5, 5.41) is 10.5. The van der Waals surface area contributed by atoms with Crippen molar-refractivity contribution in [1.82, 2.24) is 0 Å². The molecule has 0 aromatic carbocycles. The van der Waals surface area contributed by atoms with Gasteiger partial charge in [0.05, 0.1) is 17.3 Å². The minimum Gasteiger partial charge on any atom is -0.393 e. The number of rotatable bonds is 1. The Kier molecular flexibility index (Phi) is 3.63. The van der Waals surface area contributed by atoms with Crippen LogP contribution in [0.15, 0.2) is 12.7 Å². The van der Waals surface area contributed by atoms with Gasteiger partial charge in [0, 0.05) is 0 Å². The van der Waals surface area contributed by atoms with Gasteiger partial charge in [-0.2, -0.15) is 0 Å². The van der Waals surface area contributed by atoms with E-state index in [1.165, 1.54) is 12.8 Å². The first-order valence-corrected chi connectivity index (χ1v) is 9.09. The van der Waals surface area contributed by atoms with E-state index in [9.17, 15) is 5.11 Å². The van der Waals surface area contributed by atoms with Crippen LogP contribution >= 0.6 is 0 Å². The van der Waals surface area contributed by atoms with Crippen molar-refractivity contribution in [3.05, 3.63) is 12.7 Å². The number of hydrogen-bond acceptors (Lipinski definition) is 2. The molecule has 126 valence electrons. The highest BCUT2D eigenvalue weighted by molar-refractivity contribution is 5.13. The molecule has 0 amide bonds. The lowest BCUT2D eigenvalue weighted by Crippen LogP contribution is -2.64. The van der Waals surface area contributed by atoms with E-state index in [1.807, 2.05) is 6.08 Å². The first kappa shape index (κ1) is 16.5. The SMILES string of the molecule is C=C[C@]1(C)CC[C@H]2[C@@]3(C)CC[C@@H](O)C(C)(C)[C@H]3CC[C@]2(C)O1. The molecule has 0 bridgehead atoms. The van der Waals surface area contributed by atoms with E-state index >= 15 is 0 Å². The fraction of sp³-hybridized carbons (Fsp3) is 0.900. The highest BCUT2D eigenvalue weighted by Crippen LogP contribution is 2.65. The van der Waals surface area contributed by atoms with Crippen LogP contribution in [0, 0.1) is 22.7 Å². The molecule has 0 aromatic heterocycles. The number of aliphatic hydroxyl groups excluding tert-OH is 1. The molecule has 0 radical (unpaired) electrons. The summed E-state index contributed by atoms with van der Waals surface area (Å²) in [5.74, 6) is 1.19. The zero-order valence-electron chi connectivity index (χ0n) is 15.1. The summed E-state index contributed by atoms with van der Waals surface area (Å²) in [6.45, 7) is 15.5. The van der Waals surface area contributed by atoms with Gasteiger partial charge in [0.1, 0.15) is 0 Å². The van der Waals surface area contributed by atoms with Gasteiger partial charge in [0.15, 0.2) is 0 Å². The van der Waals surface area contributed by atoms with Crippen LogP contribution in [0.25, 0.3) is 0 Å². The van der Waals surface area contributed by atoms with Gasteiger partial charge in [-0.1, -0.05) is 26.8 Å². The molecule has 2 heteroatoms. The Bertz CT molecular complexity index is 470. The molecule has 22 heavy (non-hydrogen) atoms. The summed E-state index contributed by atoms with van der Waals surface area (Å²) in [5.41, 5.74) is 0.106. The van der Waals surface area contributed by atoms with Gasteiger partial charge in [0.25, 0.3) is 0 Å². The summed E-state index contributed by atoms with van der Waals surface area (Å²) in [7, 11) is 0. The van der Waals surface area contributed by atoms with E-state index < -0.39 is 0 Å². The first-order chi connectivity index (χ1) is 10.1. The Morgan fingerprint density at radius 1 is 0.955 bits per heavy atom. The van der Waals surface area contributed by atoms with Gasteiger partial charge < -0.3 is 9.84 Å². The van der Waals surface area contributed by atoms with Gasteiger partial charge in [-0.3, -0.25) is 0 Å². The van der Waals surface area contributed by atoms with Crippen molar-refractivity contribution >= 4 is 0 Å². The van der Waals surface area contributed by atoms with Crippen LogP contribution in [0.2, 0.25) is 0 Å². The van der Waals surface area contributed by atoms with Crippen molar-refractivity contribution < 1.29 is 9.84 Å². The highest BCUT2D eigenvalue weighted by atomic mass is 16.5. The largest absolute Gasteiger partial charge is 0.393 e. The molecule has 1 saturated heterocycles. The van der Waals surface area contributed by atoms with Crippen molar-refractivity contribution in [2.24, 2.45) is 22.7 Å². The number of aliphatic hydroxyl groups is 1. The van der Waals surface area contributed by atoms with Crippen molar-refractivity contribution in [3.8, 4) is 0 Å². The summed E-state index contributed by atoms with van der Waals surface area (Å²) in [6, 6.07) is 0. The highest BCUT2D eigenvalue weighted by Gasteiger charge is 2.62. The predicted octanol–water partition coefficient (Wildman–Crippen LogP) is 4.71. The quantitative estimate of drug-likeness (QED) is 0.711. The van der Waals surface area contributed by atoms with Crippen molar-refractivity contribution in [1.29, 1.82) is 0 Å². The molecule has 3 fully saturated rings. The molecule has 2 nitrogen and oxygen atoms in total. The van der Waals surface area contributed by atoms with Crippen molar-refractivity contribution in [2.45, 2.75) is 90.4 Å². The maximum absolute atomic E-state index is 10.5.